The van der Waals surface area contributed by atoms with E-state index in [0.717, 1.165) is 9.99 Å². The number of rotatable bonds is 8. The normalized spacial score (nSPS) is 10.3. The van der Waals surface area contributed by atoms with Crippen LogP contribution in [0.3, 0.4) is 0 Å². The van der Waals surface area contributed by atoms with Crippen LogP contribution in [0.5, 0.6) is 11.5 Å². The second-order valence-corrected chi connectivity index (χ2v) is 6.49. The summed E-state index contributed by atoms with van der Waals surface area (Å²) in [4.78, 5) is 22.7. The van der Waals surface area contributed by atoms with Gasteiger partial charge in [0.2, 0.25) is 0 Å². The highest BCUT2D eigenvalue weighted by atomic mass is 127. The lowest BCUT2D eigenvalue weighted by Gasteiger charge is -2.15. The van der Waals surface area contributed by atoms with Crippen molar-refractivity contribution in [1.29, 1.82) is 0 Å². The molecule has 0 bridgehead atoms. The molecule has 26 heavy (non-hydrogen) atoms. The summed E-state index contributed by atoms with van der Waals surface area (Å²) in [6.07, 6.45) is 0.865. The molecule has 0 saturated heterocycles. The van der Waals surface area contributed by atoms with Crippen LogP contribution in [0.4, 0.5) is 11.4 Å². The predicted molar refractivity (Wildman–Crippen MR) is 107 cm³/mol. The Morgan fingerprint density at radius 3 is 2.46 bits per heavy atom. The molecule has 0 radical (unpaired) electrons. The van der Waals surface area contributed by atoms with Crippen LogP contribution in [-0.2, 0) is 0 Å². The van der Waals surface area contributed by atoms with E-state index in [4.69, 9.17) is 9.47 Å². The molecule has 0 saturated carbocycles. The molecule has 0 aliphatic heterocycles. The average molecular weight is 470 g/mol. The van der Waals surface area contributed by atoms with E-state index < -0.39 is 4.92 Å². The molecule has 2 rings (SSSR count). The molecule has 0 fully saturated rings. The summed E-state index contributed by atoms with van der Waals surface area (Å²) in [7, 11) is 0. The number of nitrogens with zero attached hydrogens (tertiary/aromatic N) is 1. The first-order chi connectivity index (χ1) is 12.5. The highest BCUT2D eigenvalue weighted by Gasteiger charge is 2.16. The van der Waals surface area contributed by atoms with E-state index in [1.165, 1.54) is 24.3 Å². The van der Waals surface area contributed by atoms with Crippen molar-refractivity contribution in [3.8, 4) is 11.5 Å². The smallest absolute Gasteiger partial charge is 0.269 e. The molecular weight excluding hydrogens is 451 g/mol. The quantitative estimate of drug-likeness (QED) is 0.345. The van der Waals surface area contributed by atoms with Crippen molar-refractivity contribution in [2.45, 2.75) is 20.3 Å². The molecule has 0 heterocycles. The summed E-state index contributed by atoms with van der Waals surface area (Å²) in [6, 6.07) is 9.01. The SMILES string of the molecule is CCCOc1c(I)cc(C(=O)Nc2ccc([N+](=O)[O-])cc2)cc1OCC. The maximum absolute atomic E-state index is 12.5. The van der Waals surface area contributed by atoms with Crippen molar-refractivity contribution >= 4 is 39.9 Å². The zero-order valence-corrected chi connectivity index (χ0v) is 16.6. The van der Waals surface area contributed by atoms with Crippen LogP contribution in [0.1, 0.15) is 30.6 Å². The van der Waals surface area contributed by atoms with Gasteiger partial charge in [0.15, 0.2) is 11.5 Å². The Balaban J connectivity index is 2.23. The maximum Gasteiger partial charge on any atom is 0.269 e. The molecule has 138 valence electrons. The molecule has 0 spiro atoms. The number of nitro groups is 1. The molecule has 0 aromatic heterocycles. The summed E-state index contributed by atoms with van der Waals surface area (Å²) in [6.45, 7) is 4.88. The van der Waals surface area contributed by atoms with Gasteiger partial charge in [0.1, 0.15) is 0 Å². The Morgan fingerprint density at radius 1 is 1.19 bits per heavy atom. The largest absolute Gasteiger partial charge is 0.490 e. The zero-order valence-electron chi connectivity index (χ0n) is 14.5. The first kappa shape index (κ1) is 20.0. The fourth-order valence-corrected chi connectivity index (χ4v) is 2.93. The molecule has 2 aromatic carbocycles. The maximum atomic E-state index is 12.5. The van der Waals surface area contributed by atoms with Crippen LogP contribution in [0.2, 0.25) is 0 Å². The minimum atomic E-state index is -0.489. The van der Waals surface area contributed by atoms with Crippen LogP contribution in [0.25, 0.3) is 0 Å². The third-order valence-corrected chi connectivity index (χ3v) is 4.16. The van der Waals surface area contributed by atoms with E-state index in [0.29, 0.717) is 36.0 Å². The van der Waals surface area contributed by atoms with Gasteiger partial charge in [-0.2, -0.15) is 0 Å². The topological polar surface area (TPSA) is 90.7 Å². The van der Waals surface area contributed by atoms with E-state index in [9.17, 15) is 14.9 Å². The van der Waals surface area contributed by atoms with Gasteiger partial charge >= 0.3 is 0 Å². The fraction of sp³-hybridized carbons (Fsp3) is 0.278. The lowest BCUT2D eigenvalue weighted by Crippen LogP contribution is -2.13. The van der Waals surface area contributed by atoms with Crippen LogP contribution in [0, 0.1) is 13.7 Å². The Hall–Kier alpha value is -2.36. The standard InChI is InChI=1S/C18H19IN2O5/c1-3-9-26-17-15(19)10-12(11-16(17)25-4-2)18(22)20-13-5-7-14(8-6-13)21(23)24/h5-8,10-11H,3-4,9H2,1-2H3,(H,20,22). The molecular formula is C18H19IN2O5. The second kappa shape index (κ2) is 9.37. The first-order valence-corrected chi connectivity index (χ1v) is 9.19. The molecule has 0 aliphatic carbocycles. The van der Waals surface area contributed by atoms with Gasteiger partial charge in [0.25, 0.3) is 11.6 Å². The number of amides is 1. The molecule has 1 amide bonds. The third-order valence-electron chi connectivity index (χ3n) is 3.36. The van der Waals surface area contributed by atoms with Crippen molar-refractivity contribution in [2.75, 3.05) is 18.5 Å². The van der Waals surface area contributed by atoms with E-state index in [1.807, 2.05) is 13.8 Å². The Bertz CT molecular complexity index is 793. The summed E-state index contributed by atoms with van der Waals surface area (Å²) in [5.74, 6) is 0.808. The monoisotopic (exact) mass is 470 g/mol. The van der Waals surface area contributed by atoms with Crippen molar-refractivity contribution in [2.24, 2.45) is 0 Å². The molecule has 2 aromatic rings. The first-order valence-electron chi connectivity index (χ1n) is 8.11. The number of carbonyl (C=O) groups excluding carboxylic acids is 1. The molecule has 8 heteroatoms. The van der Waals surface area contributed by atoms with Crippen LogP contribution in [0.15, 0.2) is 36.4 Å². The van der Waals surface area contributed by atoms with Crippen LogP contribution in [-0.4, -0.2) is 24.0 Å². The number of nitro benzene ring substituents is 1. The lowest BCUT2D eigenvalue weighted by molar-refractivity contribution is -0.384. The highest BCUT2D eigenvalue weighted by Crippen LogP contribution is 2.34. The number of hydrogen-bond acceptors (Lipinski definition) is 5. The molecule has 0 atom stereocenters. The number of carbonyl (C=O) groups is 1. The number of halogens is 1. The van der Waals surface area contributed by atoms with E-state index in [2.05, 4.69) is 27.9 Å². The summed E-state index contributed by atoms with van der Waals surface area (Å²) in [5.41, 5.74) is 0.855. The Labute approximate surface area is 165 Å². The van der Waals surface area contributed by atoms with Gasteiger partial charge < -0.3 is 14.8 Å². The highest BCUT2D eigenvalue weighted by molar-refractivity contribution is 14.1. The van der Waals surface area contributed by atoms with E-state index in [1.54, 1.807) is 12.1 Å². The van der Waals surface area contributed by atoms with Crippen LogP contribution >= 0.6 is 22.6 Å². The van der Waals surface area contributed by atoms with Gasteiger partial charge in [-0.3, -0.25) is 14.9 Å². The van der Waals surface area contributed by atoms with Gasteiger partial charge in [-0.05, 0) is 60.2 Å². The number of nitrogens with one attached hydrogen (secondary N) is 1. The van der Waals surface area contributed by atoms with Crippen molar-refractivity contribution in [1.82, 2.24) is 0 Å². The van der Waals surface area contributed by atoms with Crippen molar-refractivity contribution < 1.29 is 19.2 Å². The minimum absolute atomic E-state index is 0.0337. The van der Waals surface area contributed by atoms with Gasteiger partial charge in [0, 0.05) is 23.4 Å². The summed E-state index contributed by atoms with van der Waals surface area (Å²) in [5, 5.41) is 13.4. The summed E-state index contributed by atoms with van der Waals surface area (Å²) < 4.78 is 12.1. The van der Waals surface area contributed by atoms with Gasteiger partial charge in [0.05, 0.1) is 21.7 Å². The number of ether oxygens (including phenoxy) is 2. The van der Waals surface area contributed by atoms with E-state index in [-0.39, 0.29) is 11.6 Å². The zero-order chi connectivity index (χ0) is 19.1. The van der Waals surface area contributed by atoms with Gasteiger partial charge in [-0.15, -0.1) is 0 Å². The Kier molecular flexibility index (Phi) is 7.19. The third kappa shape index (κ3) is 5.07. The number of benzene rings is 2. The number of non-ortho nitro benzene ring substituents is 1. The van der Waals surface area contributed by atoms with Crippen molar-refractivity contribution in [3.63, 3.8) is 0 Å². The summed E-state index contributed by atoms with van der Waals surface area (Å²) >= 11 is 2.11. The fourth-order valence-electron chi connectivity index (χ4n) is 2.18. The average Bonchev–Trinajstić information content (AvgIpc) is 2.61. The molecule has 0 aliphatic rings. The number of hydrogen-bond donors (Lipinski definition) is 1. The number of anilines is 1. The van der Waals surface area contributed by atoms with Gasteiger partial charge in [-0.1, -0.05) is 6.92 Å². The van der Waals surface area contributed by atoms with Gasteiger partial charge in [-0.25, -0.2) is 0 Å². The lowest BCUT2D eigenvalue weighted by atomic mass is 10.1. The van der Waals surface area contributed by atoms with Crippen LogP contribution < -0.4 is 14.8 Å². The van der Waals surface area contributed by atoms with E-state index >= 15 is 0 Å². The Morgan fingerprint density at radius 2 is 1.88 bits per heavy atom. The molecule has 0 unspecified atom stereocenters. The van der Waals surface area contributed by atoms with Crippen molar-refractivity contribution in [3.05, 3.63) is 55.6 Å². The predicted octanol–water partition coefficient (Wildman–Crippen LogP) is 4.64. The second-order valence-electron chi connectivity index (χ2n) is 5.32. The minimum Gasteiger partial charge on any atom is -0.490 e. The molecule has 1 N–H and O–H groups in total. The molecule has 7 nitrogen and oxygen atoms in total.